The van der Waals surface area contributed by atoms with Crippen LogP contribution in [0.15, 0.2) is 9.27 Å². The van der Waals surface area contributed by atoms with Crippen LogP contribution >= 0.6 is 15.9 Å². The maximum absolute atomic E-state index is 11.6. The highest BCUT2D eigenvalue weighted by Crippen LogP contribution is 2.16. The summed E-state index contributed by atoms with van der Waals surface area (Å²) in [4.78, 5) is 15.5. The molecule has 84 valence electrons. The summed E-state index contributed by atoms with van der Waals surface area (Å²) < 4.78 is 7.72. The molecule has 1 heterocycles. The minimum atomic E-state index is -0.215. The van der Waals surface area contributed by atoms with Crippen molar-refractivity contribution in [1.29, 1.82) is 0 Å². The van der Waals surface area contributed by atoms with Gasteiger partial charge in [0.2, 0.25) is 0 Å². The summed E-state index contributed by atoms with van der Waals surface area (Å²) in [7, 11) is 0. The van der Waals surface area contributed by atoms with Crippen molar-refractivity contribution in [1.82, 2.24) is 9.55 Å². The summed E-state index contributed by atoms with van der Waals surface area (Å²) >= 11 is 3.41. The molecule has 0 radical (unpaired) electrons. The zero-order valence-electron chi connectivity index (χ0n) is 9.21. The topological polar surface area (TPSA) is 44.1 Å². The molecular weight excluding hydrogens is 260 g/mol. The number of halogens is 1. The van der Waals surface area contributed by atoms with Crippen LogP contribution in [0.5, 0.6) is 0 Å². The first-order valence-electron chi connectivity index (χ1n) is 4.89. The number of hydrogen-bond donors (Lipinski definition) is 0. The Morgan fingerprint density at radius 1 is 1.47 bits per heavy atom. The molecule has 15 heavy (non-hydrogen) atoms. The lowest BCUT2D eigenvalue weighted by atomic mass is 10.3. The van der Waals surface area contributed by atoms with Gasteiger partial charge >= 0.3 is 5.69 Å². The summed E-state index contributed by atoms with van der Waals surface area (Å²) in [5.74, 6) is 0. The van der Waals surface area contributed by atoms with Gasteiger partial charge in [0.05, 0.1) is 23.3 Å². The fourth-order valence-corrected chi connectivity index (χ4v) is 1.64. The minimum absolute atomic E-state index is 0.215. The van der Waals surface area contributed by atoms with E-state index in [2.05, 4.69) is 20.9 Å². The van der Waals surface area contributed by atoms with Crippen molar-refractivity contribution in [2.24, 2.45) is 0 Å². The minimum Gasteiger partial charge on any atom is -0.380 e. The molecule has 0 aliphatic carbocycles. The second kappa shape index (κ2) is 5.42. The SMILES string of the molecule is CCOCCn1c(C)c(Br)c(C)nc1=O. The van der Waals surface area contributed by atoms with Gasteiger partial charge in [-0.05, 0) is 36.7 Å². The second-order valence-electron chi connectivity index (χ2n) is 3.23. The van der Waals surface area contributed by atoms with Gasteiger partial charge < -0.3 is 4.74 Å². The Bertz CT molecular complexity index is 401. The Morgan fingerprint density at radius 3 is 2.73 bits per heavy atom. The van der Waals surface area contributed by atoms with E-state index in [4.69, 9.17) is 4.74 Å². The lowest BCUT2D eigenvalue weighted by Gasteiger charge is -2.11. The highest BCUT2D eigenvalue weighted by Gasteiger charge is 2.08. The molecule has 0 bridgehead atoms. The van der Waals surface area contributed by atoms with E-state index in [0.717, 1.165) is 15.9 Å². The van der Waals surface area contributed by atoms with Gasteiger partial charge in [0, 0.05) is 12.3 Å². The Kier molecular flexibility index (Phi) is 4.47. The lowest BCUT2D eigenvalue weighted by Crippen LogP contribution is -2.28. The van der Waals surface area contributed by atoms with E-state index in [-0.39, 0.29) is 5.69 Å². The molecule has 0 amide bonds. The van der Waals surface area contributed by atoms with Gasteiger partial charge in [-0.25, -0.2) is 4.79 Å². The Morgan fingerprint density at radius 2 is 2.13 bits per heavy atom. The summed E-state index contributed by atoms with van der Waals surface area (Å²) in [5.41, 5.74) is 1.41. The fourth-order valence-electron chi connectivity index (χ4n) is 1.34. The standard InChI is InChI=1S/C10H15BrN2O2/c1-4-15-6-5-13-8(3)9(11)7(2)12-10(13)14/h4-6H2,1-3H3. The molecular formula is C10H15BrN2O2. The van der Waals surface area contributed by atoms with E-state index in [1.54, 1.807) is 4.57 Å². The van der Waals surface area contributed by atoms with Crippen molar-refractivity contribution in [2.45, 2.75) is 27.3 Å². The van der Waals surface area contributed by atoms with E-state index in [9.17, 15) is 4.79 Å². The van der Waals surface area contributed by atoms with Crippen molar-refractivity contribution in [3.63, 3.8) is 0 Å². The third-order valence-corrected chi connectivity index (χ3v) is 3.35. The van der Waals surface area contributed by atoms with Crippen molar-refractivity contribution in [2.75, 3.05) is 13.2 Å². The first kappa shape index (κ1) is 12.4. The molecule has 5 heteroatoms. The quantitative estimate of drug-likeness (QED) is 0.785. The van der Waals surface area contributed by atoms with E-state index in [0.29, 0.717) is 19.8 Å². The molecule has 0 spiro atoms. The van der Waals surface area contributed by atoms with E-state index in [1.807, 2.05) is 20.8 Å². The molecule has 0 saturated carbocycles. The van der Waals surface area contributed by atoms with Gasteiger partial charge in [0.15, 0.2) is 0 Å². The van der Waals surface area contributed by atoms with Crippen LogP contribution in [-0.4, -0.2) is 22.8 Å². The van der Waals surface area contributed by atoms with Gasteiger partial charge in [0.1, 0.15) is 0 Å². The summed E-state index contributed by atoms with van der Waals surface area (Å²) in [6.07, 6.45) is 0. The molecule has 1 rings (SSSR count). The molecule has 1 aromatic rings. The highest BCUT2D eigenvalue weighted by molar-refractivity contribution is 9.10. The van der Waals surface area contributed by atoms with Gasteiger partial charge in [0.25, 0.3) is 0 Å². The van der Waals surface area contributed by atoms with Gasteiger partial charge in [-0.15, -0.1) is 0 Å². The number of rotatable bonds is 4. The zero-order valence-corrected chi connectivity index (χ0v) is 10.8. The molecule has 1 aromatic heterocycles. The molecule has 0 fully saturated rings. The largest absolute Gasteiger partial charge is 0.380 e. The van der Waals surface area contributed by atoms with Crippen molar-refractivity contribution in [3.05, 3.63) is 26.3 Å². The average Bonchev–Trinajstić information content (AvgIpc) is 2.20. The highest BCUT2D eigenvalue weighted by atomic mass is 79.9. The van der Waals surface area contributed by atoms with Crippen LogP contribution in [0.2, 0.25) is 0 Å². The molecule has 0 aliphatic rings. The van der Waals surface area contributed by atoms with Crippen LogP contribution in [0.1, 0.15) is 18.3 Å². The van der Waals surface area contributed by atoms with Crippen LogP contribution < -0.4 is 5.69 Å². The maximum atomic E-state index is 11.6. The van der Waals surface area contributed by atoms with Crippen molar-refractivity contribution < 1.29 is 4.74 Å². The summed E-state index contributed by atoms with van der Waals surface area (Å²) in [6.45, 7) is 7.38. The molecule has 0 atom stereocenters. The Labute approximate surface area is 97.4 Å². The average molecular weight is 275 g/mol. The monoisotopic (exact) mass is 274 g/mol. The Hall–Kier alpha value is -0.680. The van der Waals surface area contributed by atoms with Gasteiger partial charge in [-0.3, -0.25) is 4.57 Å². The predicted molar refractivity (Wildman–Crippen MR) is 62.2 cm³/mol. The number of hydrogen-bond acceptors (Lipinski definition) is 3. The summed E-state index contributed by atoms with van der Waals surface area (Å²) in [6, 6.07) is 0. The van der Waals surface area contributed by atoms with Crippen LogP contribution in [0.3, 0.4) is 0 Å². The first-order chi connectivity index (χ1) is 7.07. The number of aromatic nitrogens is 2. The van der Waals surface area contributed by atoms with E-state index >= 15 is 0 Å². The third kappa shape index (κ3) is 2.89. The van der Waals surface area contributed by atoms with Crippen LogP contribution in [-0.2, 0) is 11.3 Å². The third-order valence-electron chi connectivity index (χ3n) is 2.20. The normalized spacial score (nSPS) is 10.7. The molecule has 4 nitrogen and oxygen atoms in total. The number of ether oxygens (including phenoxy) is 1. The Balaban J connectivity index is 2.97. The lowest BCUT2D eigenvalue weighted by molar-refractivity contribution is 0.137. The first-order valence-corrected chi connectivity index (χ1v) is 5.68. The predicted octanol–water partition coefficient (Wildman–Crippen LogP) is 1.66. The van der Waals surface area contributed by atoms with Crippen molar-refractivity contribution >= 4 is 15.9 Å². The smallest absolute Gasteiger partial charge is 0.348 e. The molecule has 0 aliphatic heterocycles. The molecule has 0 saturated heterocycles. The molecule has 0 aromatic carbocycles. The van der Waals surface area contributed by atoms with Gasteiger partial charge in [-0.2, -0.15) is 4.98 Å². The number of aryl methyl sites for hydroxylation is 1. The van der Waals surface area contributed by atoms with Crippen LogP contribution in [0.4, 0.5) is 0 Å². The summed E-state index contributed by atoms with van der Waals surface area (Å²) in [5, 5.41) is 0. The number of nitrogens with zero attached hydrogens (tertiary/aromatic N) is 2. The van der Waals surface area contributed by atoms with Crippen molar-refractivity contribution in [3.8, 4) is 0 Å². The zero-order chi connectivity index (χ0) is 11.4. The molecule has 0 N–H and O–H groups in total. The van der Waals surface area contributed by atoms with Gasteiger partial charge in [-0.1, -0.05) is 0 Å². The fraction of sp³-hybridized carbons (Fsp3) is 0.600. The van der Waals surface area contributed by atoms with Crippen LogP contribution in [0, 0.1) is 13.8 Å². The maximum Gasteiger partial charge on any atom is 0.348 e. The van der Waals surface area contributed by atoms with E-state index in [1.165, 1.54) is 0 Å². The molecule has 0 unspecified atom stereocenters. The van der Waals surface area contributed by atoms with E-state index < -0.39 is 0 Å². The second-order valence-corrected chi connectivity index (χ2v) is 4.02. The van der Waals surface area contributed by atoms with Crippen LogP contribution in [0.25, 0.3) is 0 Å².